The lowest BCUT2D eigenvalue weighted by Gasteiger charge is -2.12. The zero-order valence-corrected chi connectivity index (χ0v) is 14.6. The highest BCUT2D eigenvalue weighted by atomic mass is 32.2. The summed E-state index contributed by atoms with van der Waals surface area (Å²) in [6, 6.07) is 10.6. The maximum Gasteiger partial charge on any atom is 0.240 e. The van der Waals surface area contributed by atoms with Crippen molar-refractivity contribution in [1.82, 2.24) is 4.72 Å². The highest BCUT2D eigenvalue weighted by Crippen LogP contribution is 2.21. The van der Waals surface area contributed by atoms with Crippen molar-refractivity contribution >= 4 is 10.0 Å². The fraction of sp³-hybridized carbons (Fsp3) is 0.294. The van der Waals surface area contributed by atoms with E-state index in [0.717, 1.165) is 11.6 Å². The lowest BCUT2D eigenvalue weighted by molar-refractivity contribution is 0.242. The first-order valence-electron chi connectivity index (χ1n) is 7.40. The molecule has 2 aromatic carbocycles. The van der Waals surface area contributed by atoms with Gasteiger partial charge in [-0.05, 0) is 49.7 Å². The number of methoxy groups -OCH3 is 1. The van der Waals surface area contributed by atoms with Crippen molar-refractivity contribution in [2.24, 2.45) is 0 Å². The minimum atomic E-state index is -3.83. The summed E-state index contributed by atoms with van der Waals surface area (Å²) in [5.74, 6) is -0.0719. The van der Waals surface area contributed by atoms with Crippen molar-refractivity contribution in [2.75, 3.05) is 7.11 Å². The first-order chi connectivity index (χ1) is 11.3. The number of halogens is 1. The molecular formula is C17H20FNO4S. The molecule has 0 aliphatic heterocycles. The predicted molar refractivity (Wildman–Crippen MR) is 89.2 cm³/mol. The van der Waals surface area contributed by atoms with Crippen molar-refractivity contribution in [3.63, 3.8) is 0 Å². The van der Waals surface area contributed by atoms with Crippen LogP contribution in [0.3, 0.4) is 0 Å². The summed E-state index contributed by atoms with van der Waals surface area (Å²) in [4.78, 5) is -0.157. The first kappa shape index (κ1) is 18.2. The molecule has 0 atom stereocenters. The second-order valence-corrected chi connectivity index (χ2v) is 7.20. The van der Waals surface area contributed by atoms with Gasteiger partial charge in [0.05, 0.1) is 18.1 Å². The molecule has 0 aliphatic rings. The van der Waals surface area contributed by atoms with E-state index in [0.29, 0.717) is 5.75 Å². The van der Waals surface area contributed by atoms with Crippen LogP contribution in [0, 0.1) is 5.82 Å². The molecule has 0 heterocycles. The number of benzene rings is 2. The normalized spacial score (nSPS) is 11.5. The maximum atomic E-state index is 13.7. The molecule has 0 saturated carbocycles. The Balaban J connectivity index is 2.11. The van der Waals surface area contributed by atoms with Gasteiger partial charge in [-0.1, -0.05) is 12.1 Å². The average Bonchev–Trinajstić information content (AvgIpc) is 2.53. The molecule has 0 aromatic heterocycles. The zero-order chi connectivity index (χ0) is 17.7. The van der Waals surface area contributed by atoms with E-state index in [9.17, 15) is 12.8 Å². The van der Waals surface area contributed by atoms with Crippen molar-refractivity contribution < 1.29 is 22.3 Å². The van der Waals surface area contributed by atoms with Gasteiger partial charge in [0.1, 0.15) is 5.75 Å². The van der Waals surface area contributed by atoms with Crippen LogP contribution in [0.5, 0.6) is 11.5 Å². The second kappa shape index (κ2) is 7.63. The summed E-state index contributed by atoms with van der Waals surface area (Å²) in [7, 11) is -2.51. The second-order valence-electron chi connectivity index (χ2n) is 5.43. The molecule has 2 aromatic rings. The van der Waals surface area contributed by atoms with E-state index in [1.165, 1.54) is 19.2 Å². The van der Waals surface area contributed by atoms with Crippen molar-refractivity contribution in [3.8, 4) is 11.5 Å². The Labute approximate surface area is 141 Å². The van der Waals surface area contributed by atoms with Gasteiger partial charge in [0, 0.05) is 6.54 Å². The van der Waals surface area contributed by atoms with Crippen LogP contribution in [-0.2, 0) is 16.6 Å². The molecule has 0 saturated heterocycles. The molecule has 0 spiro atoms. The summed E-state index contributed by atoms with van der Waals surface area (Å²) in [5.41, 5.74) is 0.741. The lowest BCUT2D eigenvalue weighted by Crippen LogP contribution is -2.23. The third-order valence-electron chi connectivity index (χ3n) is 3.17. The third kappa shape index (κ3) is 4.69. The van der Waals surface area contributed by atoms with E-state index in [-0.39, 0.29) is 23.3 Å². The van der Waals surface area contributed by atoms with Crippen molar-refractivity contribution in [2.45, 2.75) is 31.4 Å². The van der Waals surface area contributed by atoms with Crippen LogP contribution in [0.15, 0.2) is 47.4 Å². The van der Waals surface area contributed by atoms with E-state index in [1.807, 2.05) is 13.8 Å². The standard InChI is InChI=1S/C17H20FNO4S/c1-12(2)23-14-6-4-5-13(9-14)11-19-24(20,21)15-7-8-17(22-3)16(18)10-15/h4-10,12,19H,11H2,1-3H3. The van der Waals surface area contributed by atoms with Gasteiger partial charge < -0.3 is 9.47 Å². The van der Waals surface area contributed by atoms with E-state index in [4.69, 9.17) is 9.47 Å². The number of rotatable bonds is 7. The Kier molecular flexibility index (Phi) is 5.80. The number of hydrogen-bond donors (Lipinski definition) is 1. The number of sulfonamides is 1. The predicted octanol–water partition coefficient (Wildman–Crippen LogP) is 3.10. The van der Waals surface area contributed by atoms with Crippen LogP contribution in [0.1, 0.15) is 19.4 Å². The molecule has 2 rings (SSSR count). The number of nitrogens with one attached hydrogen (secondary N) is 1. The summed E-state index contributed by atoms with van der Waals surface area (Å²) in [5, 5.41) is 0. The average molecular weight is 353 g/mol. The minimum absolute atomic E-state index is 0.00696. The Bertz CT molecular complexity index is 806. The van der Waals surface area contributed by atoms with Crippen LogP contribution in [-0.4, -0.2) is 21.6 Å². The number of ether oxygens (including phenoxy) is 2. The largest absolute Gasteiger partial charge is 0.494 e. The van der Waals surface area contributed by atoms with E-state index >= 15 is 0 Å². The van der Waals surface area contributed by atoms with E-state index in [1.54, 1.807) is 24.3 Å². The molecular weight excluding hydrogens is 333 g/mol. The summed E-state index contributed by atoms with van der Waals surface area (Å²) < 4.78 is 51.0. The summed E-state index contributed by atoms with van der Waals surface area (Å²) >= 11 is 0. The molecule has 1 N–H and O–H groups in total. The van der Waals surface area contributed by atoms with Gasteiger partial charge in [0.15, 0.2) is 11.6 Å². The molecule has 24 heavy (non-hydrogen) atoms. The maximum absolute atomic E-state index is 13.7. The Morgan fingerprint density at radius 2 is 1.92 bits per heavy atom. The van der Waals surface area contributed by atoms with Crippen LogP contribution >= 0.6 is 0 Å². The summed E-state index contributed by atoms with van der Waals surface area (Å²) in [6.45, 7) is 3.90. The molecule has 0 radical (unpaired) electrons. The van der Waals surface area contributed by atoms with Gasteiger partial charge in [-0.15, -0.1) is 0 Å². The van der Waals surface area contributed by atoms with Crippen LogP contribution < -0.4 is 14.2 Å². The van der Waals surface area contributed by atoms with Gasteiger partial charge in [-0.3, -0.25) is 0 Å². The topological polar surface area (TPSA) is 64.6 Å². The van der Waals surface area contributed by atoms with E-state index < -0.39 is 15.8 Å². The fourth-order valence-corrected chi connectivity index (χ4v) is 3.11. The zero-order valence-electron chi connectivity index (χ0n) is 13.7. The highest BCUT2D eigenvalue weighted by molar-refractivity contribution is 7.89. The Morgan fingerprint density at radius 1 is 1.17 bits per heavy atom. The van der Waals surface area contributed by atoms with Crippen LogP contribution in [0.25, 0.3) is 0 Å². The Hall–Kier alpha value is -2.12. The van der Waals surface area contributed by atoms with Crippen LogP contribution in [0.2, 0.25) is 0 Å². The van der Waals surface area contributed by atoms with Crippen molar-refractivity contribution in [3.05, 3.63) is 53.8 Å². The molecule has 7 heteroatoms. The quantitative estimate of drug-likeness (QED) is 0.831. The van der Waals surface area contributed by atoms with Gasteiger partial charge in [-0.2, -0.15) is 0 Å². The fourth-order valence-electron chi connectivity index (χ4n) is 2.08. The smallest absolute Gasteiger partial charge is 0.240 e. The van der Waals surface area contributed by atoms with Gasteiger partial charge >= 0.3 is 0 Å². The van der Waals surface area contributed by atoms with E-state index in [2.05, 4.69) is 4.72 Å². The highest BCUT2D eigenvalue weighted by Gasteiger charge is 2.16. The molecule has 5 nitrogen and oxygen atoms in total. The molecule has 0 aliphatic carbocycles. The first-order valence-corrected chi connectivity index (χ1v) is 8.89. The van der Waals surface area contributed by atoms with Gasteiger partial charge in [0.2, 0.25) is 10.0 Å². The number of hydrogen-bond acceptors (Lipinski definition) is 4. The van der Waals surface area contributed by atoms with Gasteiger partial charge in [0.25, 0.3) is 0 Å². The van der Waals surface area contributed by atoms with Gasteiger partial charge in [-0.25, -0.2) is 17.5 Å². The Morgan fingerprint density at radius 3 is 2.54 bits per heavy atom. The third-order valence-corrected chi connectivity index (χ3v) is 4.57. The molecule has 0 amide bonds. The van der Waals surface area contributed by atoms with Crippen LogP contribution in [0.4, 0.5) is 4.39 Å². The lowest BCUT2D eigenvalue weighted by atomic mass is 10.2. The summed E-state index contributed by atoms with van der Waals surface area (Å²) in [6.07, 6.45) is 0.0271. The monoisotopic (exact) mass is 353 g/mol. The minimum Gasteiger partial charge on any atom is -0.494 e. The molecule has 130 valence electrons. The molecule has 0 fully saturated rings. The molecule has 0 bridgehead atoms. The molecule has 0 unspecified atom stereocenters. The SMILES string of the molecule is COc1ccc(S(=O)(=O)NCc2cccc(OC(C)C)c2)cc1F. The van der Waals surface area contributed by atoms with Crippen molar-refractivity contribution in [1.29, 1.82) is 0 Å².